The molecule has 18 heavy (non-hydrogen) atoms. The standard InChI is InChI=1S/C15H25N3/c1-3-17-6-8-18(9-7-17)12-15-5-4-14(11-16)10-13(15)2/h4-5,10H,3,6-9,11-12,16H2,1-2H3. The Morgan fingerprint density at radius 3 is 2.33 bits per heavy atom. The highest BCUT2D eigenvalue weighted by Gasteiger charge is 2.15. The van der Waals surface area contributed by atoms with Crippen molar-refractivity contribution in [3.63, 3.8) is 0 Å². The summed E-state index contributed by atoms with van der Waals surface area (Å²) in [5.74, 6) is 0. The number of hydrogen-bond donors (Lipinski definition) is 1. The number of nitrogens with zero attached hydrogens (tertiary/aromatic N) is 2. The molecule has 1 aromatic rings. The minimum absolute atomic E-state index is 0.635. The first-order chi connectivity index (χ1) is 8.72. The molecule has 0 atom stereocenters. The molecular weight excluding hydrogens is 222 g/mol. The molecule has 100 valence electrons. The van der Waals surface area contributed by atoms with E-state index < -0.39 is 0 Å². The lowest BCUT2D eigenvalue weighted by molar-refractivity contribution is 0.132. The molecule has 0 amide bonds. The van der Waals surface area contributed by atoms with Crippen LogP contribution in [0, 0.1) is 6.92 Å². The molecular formula is C15H25N3. The third-order valence-corrected chi connectivity index (χ3v) is 3.95. The van der Waals surface area contributed by atoms with Gasteiger partial charge in [0.25, 0.3) is 0 Å². The number of hydrogen-bond acceptors (Lipinski definition) is 3. The lowest BCUT2D eigenvalue weighted by atomic mass is 10.0. The Morgan fingerprint density at radius 2 is 1.78 bits per heavy atom. The Morgan fingerprint density at radius 1 is 1.11 bits per heavy atom. The lowest BCUT2D eigenvalue weighted by Crippen LogP contribution is -2.45. The summed E-state index contributed by atoms with van der Waals surface area (Å²) in [6, 6.07) is 6.62. The van der Waals surface area contributed by atoms with Crippen molar-refractivity contribution in [2.75, 3.05) is 32.7 Å². The van der Waals surface area contributed by atoms with E-state index in [1.807, 2.05) is 0 Å². The van der Waals surface area contributed by atoms with Gasteiger partial charge in [0, 0.05) is 39.3 Å². The van der Waals surface area contributed by atoms with Gasteiger partial charge in [-0.1, -0.05) is 25.1 Å². The number of nitrogens with two attached hydrogens (primary N) is 1. The molecule has 0 spiro atoms. The van der Waals surface area contributed by atoms with Crippen molar-refractivity contribution in [1.29, 1.82) is 0 Å². The third-order valence-electron chi connectivity index (χ3n) is 3.95. The van der Waals surface area contributed by atoms with Crippen molar-refractivity contribution in [2.45, 2.75) is 26.9 Å². The fourth-order valence-electron chi connectivity index (χ4n) is 2.57. The minimum atomic E-state index is 0.635. The molecule has 1 aliphatic rings. The summed E-state index contributed by atoms with van der Waals surface area (Å²) >= 11 is 0. The topological polar surface area (TPSA) is 32.5 Å². The Labute approximate surface area is 111 Å². The van der Waals surface area contributed by atoms with Gasteiger partial charge in [-0.05, 0) is 30.2 Å². The average Bonchev–Trinajstić information content (AvgIpc) is 2.42. The zero-order valence-electron chi connectivity index (χ0n) is 11.7. The van der Waals surface area contributed by atoms with Gasteiger partial charge in [-0.3, -0.25) is 4.90 Å². The molecule has 2 rings (SSSR count). The molecule has 3 heteroatoms. The lowest BCUT2D eigenvalue weighted by Gasteiger charge is -2.34. The first-order valence-electron chi connectivity index (χ1n) is 6.96. The first kappa shape index (κ1) is 13.5. The molecule has 0 radical (unpaired) electrons. The predicted octanol–water partition coefficient (Wildman–Crippen LogP) is 1.59. The molecule has 0 aromatic heterocycles. The van der Waals surface area contributed by atoms with Crippen molar-refractivity contribution in [3.8, 4) is 0 Å². The van der Waals surface area contributed by atoms with Crippen LogP contribution >= 0.6 is 0 Å². The van der Waals surface area contributed by atoms with Gasteiger partial charge >= 0.3 is 0 Å². The highest BCUT2D eigenvalue weighted by molar-refractivity contribution is 5.31. The van der Waals surface area contributed by atoms with E-state index in [9.17, 15) is 0 Å². The molecule has 0 bridgehead atoms. The Kier molecular flexibility index (Phi) is 4.75. The normalized spacial score (nSPS) is 18.2. The Balaban J connectivity index is 1.94. The molecule has 1 heterocycles. The molecule has 0 unspecified atom stereocenters. The van der Waals surface area contributed by atoms with Crippen molar-refractivity contribution in [1.82, 2.24) is 9.80 Å². The third kappa shape index (κ3) is 3.31. The van der Waals surface area contributed by atoms with Gasteiger partial charge in [0.15, 0.2) is 0 Å². The van der Waals surface area contributed by atoms with E-state index in [4.69, 9.17) is 5.73 Å². The minimum Gasteiger partial charge on any atom is -0.326 e. The number of piperazine rings is 1. The summed E-state index contributed by atoms with van der Waals surface area (Å²) in [7, 11) is 0. The average molecular weight is 247 g/mol. The van der Waals surface area contributed by atoms with E-state index in [-0.39, 0.29) is 0 Å². The maximum atomic E-state index is 5.67. The quantitative estimate of drug-likeness (QED) is 0.877. The van der Waals surface area contributed by atoms with Gasteiger partial charge in [-0.25, -0.2) is 0 Å². The molecule has 3 nitrogen and oxygen atoms in total. The van der Waals surface area contributed by atoms with Gasteiger partial charge in [-0.2, -0.15) is 0 Å². The second-order valence-corrected chi connectivity index (χ2v) is 5.18. The monoisotopic (exact) mass is 247 g/mol. The smallest absolute Gasteiger partial charge is 0.0237 e. The summed E-state index contributed by atoms with van der Waals surface area (Å²) in [5.41, 5.74) is 9.71. The van der Waals surface area contributed by atoms with Crippen LogP contribution in [0.1, 0.15) is 23.6 Å². The van der Waals surface area contributed by atoms with Gasteiger partial charge in [-0.15, -0.1) is 0 Å². The summed E-state index contributed by atoms with van der Waals surface area (Å²) in [5, 5.41) is 0. The van der Waals surface area contributed by atoms with Crippen molar-refractivity contribution in [2.24, 2.45) is 5.73 Å². The van der Waals surface area contributed by atoms with Gasteiger partial charge in [0.1, 0.15) is 0 Å². The summed E-state index contributed by atoms with van der Waals surface area (Å²) in [6.07, 6.45) is 0. The molecule has 0 aliphatic carbocycles. The summed E-state index contributed by atoms with van der Waals surface area (Å²) in [6.45, 7) is 12.1. The number of likely N-dealkylation sites (N-methyl/N-ethyl adjacent to an activating group) is 1. The van der Waals surface area contributed by atoms with E-state index >= 15 is 0 Å². The van der Waals surface area contributed by atoms with Crippen LogP contribution in [-0.4, -0.2) is 42.5 Å². The van der Waals surface area contributed by atoms with Crippen LogP contribution in [0.2, 0.25) is 0 Å². The van der Waals surface area contributed by atoms with Crippen LogP contribution in [0.15, 0.2) is 18.2 Å². The van der Waals surface area contributed by atoms with E-state index in [1.54, 1.807) is 0 Å². The Bertz CT molecular complexity index is 381. The number of aryl methyl sites for hydroxylation is 1. The fraction of sp³-hybridized carbons (Fsp3) is 0.600. The first-order valence-corrected chi connectivity index (χ1v) is 6.96. The molecule has 2 N–H and O–H groups in total. The van der Waals surface area contributed by atoms with Crippen LogP contribution in [0.4, 0.5) is 0 Å². The zero-order chi connectivity index (χ0) is 13.0. The Hall–Kier alpha value is -0.900. The SMILES string of the molecule is CCN1CCN(Cc2ccc(CN)cc2C)CC1. The maximum absolute atomic E-state index is 5.67. The number of rotatable bonds is 4. The summed E-state index contributed by atoms with van der Waals surface area (Å²) < 4.78 is 0. The van der Waals surface area contributed by atoms with Gasteiger partial charge in [0.2, 0.25) is 0 Å². The fourth-order valence-corrected chi connectivity index (χ4v) is 2.57. The largest absolute Gasteiger partial charge is 0.326 e. The maximum Gasteiger partial charge on any atom is 0.0237 e. The van der Waals surface area contributed by atoms with Crippen LogP contribution in [-0.2, 0) is 13.1 Å². The van der Waals surface area contributed by atoms with E-state index in [0.29, 0.717) is 6.54 Å². The molecule has 1 saturated heterocycles. The molecule has 0 saturated carbocycles. The molecule has 1 aliphatic heterocycles. The van der Waals surface area contributed by atoms with Crippen LogP contribution in [0.25, 0.3) is 0 Å². The number of benzene rings is 1. The van der Waals surface area contributed by atoms with Crippen molar-refractivity contribution >= 4 is 0 Å². The predicted molar refractivity (Wildman–Crippen MR) is 76.5 cm³/mol. The zero-order valence-corrected chi connectivity index (χ0v) is 11.7. The molecule has 1 fully saturated rings. The van der Waals surface area contributed by atoms with Crippen molar-refractivity contribution < 1.29 is 0 Å². The van der Waals surface area contributed by atoms with E-state index in [2.05, 4.69) is 41.8 Å². The van der Waals surface area contributed by atoms with E-state index in [1.165, 1.54) is 49.4 Å². The van der Waals surface area contributed by atoms with Gasteiger partial charge in [0.05, 0.1) is 0 Å². The highest BCUT2D eigenvalue weighted by Crippen LogP contribution is 2.14. The second kappa shape index (κ2) is 6.32. The highest BCUT2D eigenvalue weighted by atomic mass is 15.3. The second-order valence-electron chi connectivity index (χ2n) is 5.18. The van der Waals surface area contributed by atoms with Crippen LogP contribution in [0.3, 0.4) is 0 Å². The van der Waals surface area contributed by atoms with E-state index in [0.717, 1.165) is 6.54 Å². The molecule has 1 aromatic carbocycles. The summed E-state index contributed by atoms with van der Waals surface area (Å²) in [4.78, 5) is 5.07. The van der Waals surface area contributed by atoms with Crippen LogP contribution in [0.5, 0.6) is 0 Å². The van der Waals surface area contributed by atoms with Crippen LogP contribution < -0.4 is 5.73 Å². The van der Waals surface area contributed by atoms with Crippen molar-refractivity contribution in [3.05, 3.63) is 34.9 Å². The van der Waals surface area contributed by atoms with Gasteiger partial charge < -0.3 is 10.6 Å².